The number of rotatable bonds is 7. The third-order valence-electron chi connectivity index (χ3n) is 5.38. The van der Waals surface area contributed by atoms with Crippen LogP contribution in [-0.2, 0) is 17.9 Å². The monoisotopic (exact) mass is 453 g/mol. The lowest BCUT2D eigenvalue weighted by molar-refractivity contribution is -0.135. The fraction of sp³-hybridized carbons (Fsp3) is 0.391. The van der Waals surface area contributed by atoms with Gasteiger partial charge in [-0.25, -0.2) is 4.79 Å². The minimum atomic E-state index is -1.16. The number of carbonyl (C=O) groups is 2. The van der Waals surface area contributed by atoms with Crippen LogP contribution in [0, 0.1) is 11.8 Å². The fourth-order valence-corrected chi connectivity index (χ4v) is 3.79. The van der Waals surface area contributed by atoms with Crippen LogP contribution in [0.2, 0.25) is 0 Å². The number of carbonyl (C=O) groups excluding carboxylic acids is 1. The summed E-state index contributed by atoms with van der Waals surface area (Å²) in [6.07, 6.45) is 1.76. The summed E-state index contributed by atoms with van der Waals surface area (Å²) in [5.74, 6) is 4.46. The van der Waals surface area contributed by atoms with Crippen molar-refractivity contribution in [2.45, 2.75) is 38.9 Å². The number of hydrogen-bond acceptors (Lipinski definition) is 6. The van der Waals surface area contributed by atoms with E-state index >= 15 is 0 Å². The normalized spacial score (nSPS) is 15.5. The first-order chi connectivity index (χ1) is 15.8. The first kappa shape index (κ1) is 23.8. The van der Waals surface area contributed by atoms with Crippen molar-refractivity contribution in [3.05, 3.63) is 62.3 Å². The van der Waals surface area contributed by atoms with Gasteiger partial charge in [-0.05, 0) is 37.5 Å². The second kappa shape index (κ2) is 10.7. The Labute approximate surface area is 190 Å². The predicted octanol–water partition coefficient (Wildman–Crippen LogP) is -0.176. The average molecular weight is 453 g/mol. The number of piperidine rings is 1. The van der Waals surface area contributed by atoms with Crippen LogP contribution in [0.4, 0.5) is 5.82 Å². The molecule has 2 heterocycles. The summed E-state index contributed by atoms with van der Waals surface area (Å²) in [6.45, 7) is 2.51. The Balaban J connectivity index is 1.95. The van der Waals surface area contributed by atoms with Crippen molar-refractivity contribution in [3.63, 3.8) is 0 Å². The Morgan fingerprint density at radius 2 is 2.03 bits per heavy atom. The van der Waals surface area contributed by atoms with E-state index in [0.29, 0.717) is 24.5 Å². The predicted molar refractivity (Wildman–Crippen MR) is 123 cm³/mol. The lowest BCUT2D eigenvalue weighted by Crippen LogP contribution is -2.48. The fourth-order valence-electron chi connectivity index (χ4n) is 3.79. The minimum Gasteiger partial charge on any atom is -0.480 e. The number of nitrogens with two attached hydrogens (primary N) is 1. The molecule has 1 aliphatic rings. The zero-order valence-corrected chi connectivity index (χ0v) is 18.4. The molecule has 0 unspecified atom stereocenters. The Morgan fingerprint density at radius 1 is 1.24 bits per heavy atom. The minimum absolute atomic E-state index is 0.0305. The SMILES string of the molecule is CC#CCn1c(N2CCC[C@@H](N)C2)cc(=O)n(Cc2cccc(C(=O)NCC(=O)O)c2)c1=O. The van der Waals surface area contributed by atoms with Crippen molar-refractivity contribution in [2.75, 3.05) is 24.5 Å². The van der Waals surface area contributed by atoms with E-state index in [-0.39, 0.29) is 24.7 Å². The topological polar surface area (TPSA) is 140 Å². The number of hydrogen-bond donors (Lipinski definition) is 3. The Kier molecular flexibility index (Phi) is 7.69. The molecule has 0 radical (unpaired) electrons. The second-order valence-corrected chi connectivity index (χ2v) is 7.85. The number of benzene rings is 1. The van der Waals surface area contributed by atoms with Crippen LogP contribution in [0.3, 0.4) is 0 Å². The molecule has 2 aromatic rings. The van der Waals surface area contributed by atoms with Gasteiger partial charge >= 0.3 is 11.7 Å². The Hall–Kier alpha value is -3.84. The summed E-state index contributed by atoms with van der Waals surface area (Å²) in [4.78, 5) is 51.0. The zero-order valence-electron chi connectivity index (χ0n) is 18.4. The van der Waals surface area contributed by atoms with Gasteiger partial charge in [-0.2, -0.15) is 0 Å². The van der Waals surface area contributed by atoms with Gasteiger partial charge in [0.15, 0.2) is 0 Å². The van der Waals surface area contributed by atoms with Crippen LogP contribution in [0.5, 0.6) is 0 Å². The molecule has 0 bridgehead atoms. The van der Waals surface area contributed by atoms with E-state index in [1.54, 1.807) is 19.1 Å². The van der Waals surface area contributed by atoms with Gasteiger partial charge in [0.05, 0.1) is 13.1 Å². The van der Waals surface area contributed by atoms with Gasteiger partial charge in [0.2, 0.25) is 0 Å². The molecule has 1 amide bonds. The number of carboxylic acid groups (broad SMARTS) is 1. The van der Waals surface area contributed by atoms with E-state index in [0.717, 1.165) is 17.4 Å². The van der Waals surface area contributed by atoms with E-state index in [4.69, 9.17) is 10.8 Å². The molecule has 174 valence electrons. The molecular formula is C23H27N5O5. The highest BCUT2D eigenvalue weighted by molar-refractivity contribution is 5.95. The Bertz CT molecular complexity index is 1220. The molecule has 0 aliphatic carbocycles. The summed E-state index contributed by atoms with van der Waals surface area (Å²) in [6, 6.07) is 7.75. The van der Waals surface area contributed by atoms with Crippen LogP contribution in [0.1, 0.15) is 35.7 Å². The highest BCUT2D eigenvalue weighted by Gasteiger charge is 2.22. The molecule has 1 saturated heterocycles. The average Bonchev–Trinajstić information content (AvgIpc) is 2.79. The van der Waals surface area contributed by atoms with Crippen LogP contribution < -0.4 is 27.2 Å². The zero-order chi connectivity index (χ0) is 24.0. The van der Waals surface area contributed by atoms with Crippen molar-refractivity contribution in [1.29, 1.82) is 0 Å². The number of nitrogens with one attached hydrogen (secondary N) is 1. The van der Waals surface area contributed by atoms with Crippen molar-refractivity contribution in [2.24, 2.45) is 5.73 Å². The molecular weight excluding hydrogens is 426 g/mol. The number of carboxylic acids is 1. The van der Waals surface area contributed by atoms with Crippen LogP contribution in [0.15, 0.2) is 39.9 Å². The van der Waals surface area contributed by atoms with Gasteiger partial charge in [-0.3, -0.25) is 23.5 Å². The molecule has 3 rings (SSSR count). The molecule has 0 spiro atoms. The van der Waals surface area contributed by atoms with Crippen molar-refractivity contribution < 1.29 is 14.7 Å². The molecule has 1 aromatic carbocycles. The quantitative estimate of drug-likeness (QED) is 0.494. The van der Waals surface area contributed by atoms with Crippen molar-refractivity contribution in [1.82, 2.24) is 14.5 Å². The molecule has 10 heteroatoms. The van der Waals surface area contributed by atoms with Crippen LogP contribution in [0.25, 0.3) is 0 Å². The number of nitrogens with zero attached hydrogens (tertiary/aromatic N) is 3. The van der Waals surface area contributed by atoms with E-state index in [1.165, 1.54) is 22.8 Å². The molecule has 0 saturated carbocycles. The number of amides is 1. The lowest BCUT2D eigenvalue weighted by Gasteiger charge is -2.33. The first-order valence-corrected chi connectivity index (χ1v) is 10.6. The summed E-state index contributed by atoms with van der Waals surface area (Å²) in [7, 11) is 0. The molecule has 10 nitrogen and oxygen atoms in total. The highest BCUT2D eigenvalue weighted by atomic mass is 16.4. The number of anilines is 1. The standard InChI is InChI=1S/C23H27N5O5/c1-2-3-10-27-19(26-9-5-8-18(24)15-26)12-20(29)28(23(27)33)14-16-6-4-7-17(11-16)22(32)25-13-21(30)31/h4,6-7,11-12,18H,5,8-10,13-15,24H2,1H3,(H,25,32)(H,30,31)/t18-/m1/s1. The summed E-state index contributed by atoms with van der Waals surface area (Å²) >= 11 is 0. The number of aliphatic carboxylic acids is 1. The van der Waals surface area contributed by atoms with Crippen LogP contribution >= 0.6 is 0 Å². The lowest BCUT2D eigenvalue weighted by atomic mass is 10.1. The van der Waals surface area contributed by atoms with E-state index in [1.807, 2.05) is 4.90 Å². The maximum atomic E-state index is 13.3. The first-order valence-electron chi connectivity index (χ1n) is 10.6. The second-order valence-electron chi connectivity index (χ2n) is 7.85. The van der Waals surface area contributed by atoms with Crippen molar-refractivity contribution >= 4 is 17.7 Å². The van der Waals surface area contributed by atoms with E-state index in [9.17, 15) is 19.2 Å². The third kappa shape index (κ3) is 5.90. The third-order valence-corrected chi connectivity index (χ3v) is 5.38. The number of aromatic nitrogens is 2. The van der Waals surface area contributed by atoms with Gasteiger partial charge < -0.3 is 21.1 Å². The largest absolute Gasteiger partial charge is 0.480 e. The van der Waals surface area contributed by atoms with Crippen LogP contribution in [-0.4, -0.2) is 51.8 Å². The molecule has 1 fully saturated rings. The van der Waals surface area contributed by atoms with Gasteiger partial charge in [0.25, 0.3) is 11.5 Å². The molecule has 4 N–H and O–H groups in total. The van der Waals surface area contributed by atoms with E-state index < -0.39 is 29.7 Å². The van der Waals surface area contributed by atoms with E-state index in [2.05, 4.69) is 17.2 Å². The van der Waals surface area contributed by atoms with Gasteiger partial charge in [0.1, 0.15) is 12.4 Å². The maximum Gasteiger partial charge on any atom is 0.333 e. The maximum absolute atomic E-state index is 13.3. The summed E-state index contributed by atoms with van der Waals surface area (Å²) < 4.78 is 2.57. The summed E-state index contributed by atoms with van der Waals surface area (Å²) in [5, 5.41) is 11.0. The van der Waals surface area contributed by atoms with Gasteiger partial charge in [0, 0.05) is 30.8 Å². The summed E-state index contributed by atoms with van der Waals surface area (Å²) in [5.41, 5.74) is 5.92. The molecule has 33 heavy (non-hydrogen) atoms. The molecule has 1 aliphatic heterocycles. The molecule has 1 aromatic heterocycles. The van der Waals surface area contributed by atoms with Crippen molar-refractivity contribution in [3.8, 4) is 11.8 Å². The van der Waals surface area contributed by atoms with Gasteiger partial charge in [-0.15, -0.1) is 5.92 Å². The highest BCUT2D eigenvalue weighted by Crippen LogP contribution is 2.17. The smallest absolute Gasteiger partial charge is 0.333 e. The Morgan fingerprint density at radius 3 is 2.73 bits per heavy atom. The molecule has 1 atom stereocenters. The van der Waals surface area contributed by atoms with Gasteiger partial charge in [-0.1, -0.05) is 18.1 Å².